The standard InChI is InChI=1S/C15H23N3O2/c1-4-18(5-2)14(19)11-17-15(20)16-10-13-8-6-12(3)7-9-13/h6-9H,4-5,10-11H2,1-3H3,(H2,16,17,20). The maximum atomic E-state index is 11.7. The Bertz CT molecular complexity index is 439. The first kappa shape index (κ1) is 16.0. The molecule has 0 aliphatic rings. The van der Waals surface area contributed by atoms with Crippen LogP contribution in [0.5, 0.6) is 0 Å². The van der Waals surface area contributed by atoms with Gasteiger partial charge in [-0.15, -0.1) is 0 Å². The number of nitrogens with one attached hydrogen (secondary N) is 2. The molecule has 1 aromatic rings. The number of carbonyl (C=O) groups excluding carboxylic acids is 2. The van der Waals surface area contributed by atoms with E-state index in [0.29, 0.717) is 19.6 Å². The van der Waals surface area contributed by atoms with Crippen LogP contribution in [0.15, 0.2) is 24.3 Å². The molecule has 0 aromatic heterocycles. The van der Waals surface area contributed by atoms with Crippen molar-refractivity contribution in [3.8, 4) is 0 Å². The van der Waals surface area contributed by atoms with Crippen molar-refractivity contribution in [3.63, 3.8) is 0 Å². The number of urea groups is 1. The average molecular weight is 277 g/mol. The summed E-state index contributed by atoms with van der Waals surface area (Å²) in [4.78, 5) is 25.0. The quantitative estimate of drug-likeness (QED) is 0.830. The SMILES string of the molecule is CCN(CC)C(=O)CNC(=O)NCc1ccc(C)cc1. The van der Waals surface area contributed by atoms with Gasteiger partial charge in [-0.05, 0) is 26.3 Å². The number of hydrogen-bond acceptors (Lipinski definition) is 2. The molecule has 0 aliphatic heterocycles. The molecule has 0 unspecified atom stereocenters. The van der Waals surface area contributed by atoms with Gasteiger partial charge in [0.05, 0.1) is 6.54 Å². The van der Waals surface area contributed by atoms with E-state index in [0.717, 1.165) is 5.56 Å². The molecule has 5 nitrogen and oxygen atoms in total. The van der Waals surface area contributed by atoms with Crippen molar-refractivity contribution in [3.05, 3.63) is 35.4 Å². The van der Waals surface area contributed by atoms with E-state index in [-0.39, 0.29) is 18.5 Å². The highest BCUT2D eigenvalue weighted by molar-refractivity contribution is 5.83. The Labute approximate surface area is 120 Å². The highest BCUT2D eigenvalue weighted by atomic mass is 16.2. The highest BCUT2D eigenvalue weighted by Crippen LogP contribution is 2.02. The van der Waals surface area contributed by atoms with E-state index in [1.807, 2.05) is 45.0 Å². The van der Waals surface area contributed by atoms with Gasteiger partial charge in [-0.3, -0.25) is 4.79 Å². The highest BCUT2D eigenvalue weighted by Gasteiger charge is 2.10. The fourth-order valence-electron chi connectivity index (χ4n) is 1.79. The van der Waals surface area contributed by atoms with E-state index in [2.05, 4.69) is 10.6 Å². The smallest absolute Gasteiger partial charge is 0.315 e. The van der Waals surface area contributed by atoms with Gasteiger partial charge in [-0.25, -0.2) is 4.79 Å². The summed E-state index contributed by atoms with van der Waals surface area (Å²) in [7, 11) is 0. The van der Waals surface area contributed by atoms with E-state index in [1.165, 1.54) is 5.56 Å². The Hall–Kier alpha value is -2.04. The van der Waals surface area contributed by atoms with Crippen LogP contribution < -0.4 is 10.6 Å². The molecule has 0 radical (unpaired) electrons. The van der Waals surface area contributed by atoms with Crippen molar-refractivity contribution >= 4 is 11.9 Å². The minimum atomic E-state index is -0.328. The maximum Gasteiger partial charge on any atom is 0.315 e. The second-order valence-corrected chi connectivity index (χ2v) is 4.59. The molecule has 1 rings (SSSR count). The van der Waals surface area contributed by atoms with Crippen molar-refractivity contribution in [2.75, 3.05) is 19.6 Å². The number of carbonyl (C=O) groups is 2. The Kier molecular flexibility index (Phi) is 6.56. The Morgan fingerprint density at radius 2 is 1.65 bits per heavy atom. The molecule has 0 fully saturated rings. The minimum Gasteiger partial charge on any atom is -0.342 e. The van der Waals surface area contributed by atoms with E-state index in [1.54, 1.807) is 4.90 Å². The van der Waals surface area contributed by atoms with Gasteiger partial charge in [-0.1, -0.05) is 29.8 Å². The maximum absolute atomic E-state index is 11.7. The van der Waals surface area contributed by atoms with Crippen molar-refractivity contribution in [2.24, 2.45) is 0 Å². The first-order chi connectivity index (χ1) is 9.56. The van der Waals surface area contributed by atoms with Gasteiger partial charge in [0.15, 0.2) is 0 Å². The second-order valence-electron chi connectivity index (χ2n) is 4.59. The van der Waals surface area contributed by atoms with Crippen molar-refractivity contribution in [1.29, 1.82) is 0 Å². The third-order valence-corrected chi connectivity index (χ3v) is 3.09. The molecule has 5 heteroatoms. The number of benzene rings is 1. The van der Waals surface area contributed by atoms with Crippen LogP contribution in [-0.4, -0.2) is 36.5 Å². The first-order valence-electron chi connectivity index (χ1n) is 6.91. The molecule has 2 N–H and O–H groups in total. The summed E-state index contributed by atoms with van der Waals surface area (Å²) in [6, 6.07) is 7.61. The van der Waals surface area contributed by atoms with Gasteiger partial charge in [0.2, 0.25) is 5.91 Å². The van der Waals surface area contributed by atoms with Gasteiger partial charge >= 0.3 is 6.03 Å². The van der Waals surface area contributed by atoms with Gasteiger partial charge in [0, 0.05) is 19.6 Å². The zero-order chi connectivity index (χ0) is 15.0. The lowest BCUT2D eigenvalue weighted by Crippen LogP contribution is -2.43. The lowest BCUT2D eigenvalue weighted by atomic mass is 10.1. The van der Waals surface area contributed by atoms with Crippen LogP contribution in [0.25, 0.3) is 0 Å². The fraction of sp³-hybridized carbons (Fsp3) is 0.467. The minimum absolute atomic E-state index is 0.0292. The molecular weight excluding hydrogens is 254 g/mol. The summed E-state index contributed by atoms with van der Waals surface area (Å²) >= 11 is 0. The second kappa shape index (κ2) is 8.19. The van der Waals surface area contributed by atoms with E-state index in [9.17, 15) is 9.59 Å². The van der Waals surface area contributed by atoms with Gasteiger partial charge < -0.3 is 15.5 Å². The van der Waals surface area contributed by atoms with Crippen molar-refractivity contribution in [2.45, 2.75) is 27.3 Å². The van der Waals surface area contributed by atoms with Crippen LogP contribution in [-0.2, 0) is 11.3 Å². The predicted molar refractivity (Wildman–Crippen MR) is 79.3 cm³/mol. The molecule has 0 heterocycles. The molecule has 0 aliphatic carbocycles. The first-order valence-corrected chi connectivity index (χ1v) is 6.91. The van der Waals surface area contributed by atoms with E-state index >= 15 is 0 Å². The van der Waals surface area contributed by atoms with E-state index in [4.69, 9.17) is 0 Å². The monoisotopic (exact) mass is 277 g/mol. The topological polar surface area (TPSA) is 61.4 Å². The molecular formula is C15H23N3O2. The number of likely N-dealkylation sites (N-methyl/N-ethyl adjacent to an activating group) is 1. The molecule has 0 bridgehead atoms. The molecule has 3 amide bonds. The summed E-state index contributed by atoms with van der Waals surface area (Å²) in [6.45, 7) is 7.64. The normalized spacial score (nSPS) is 9.95. The van der Waals surface area contributed by atoms with Crippen LogP contribution in [0.2, 0.25) is 0 Å². The summed E-state index contributed by atoms with van der Waals surface area (Å²) < 4.78 is 0. The number of hydrogen-bond donors (Lipinski definition) is 2. The fourth-order valence-corrected chi connectivity index (χ4v) is 1.79. The molecule has 0 spiro atoms. The number of aryl methyl sites for hydroxylation is 1. The average Bonchev–Trinajstić information content (AvgIpc) is 2.45. The van der Waals surface area contributed by atoms with Crippen LogP contribution in [0.3, 0.4) is 0 Å². The van der Waals surface area contributed by atoms with Gasteiger partial charge in [-0.2, -0.15) is 0 Å². The lowest BCUT2D eigenvalue weighted by Gasteiger charge is -2.18. The van der Waals surface area contributed by atoms with Crippen LogP contribution >= 0.6 is 0 Å². The summed E-state index contributed by atoms with van der Waals surface area (Å²) in [5, 5.41) is 5.30. The van der Waals surface area contributed by atoms with E-state index < -0.39 is 0 Å². The Morgan fingerprint density at radius 1 is 1.05 bits per heavy atom. The summed E-state index contributed by atoms with van der Waals surface area (Å²) in [6.07, 6.45) is 0. The molecule has 20 heavy (non-hydrogen) atoms. The zero-order valence-corrected chi connectivity index (χ0v) is 12.4. The van der Waals surface area contributed by atoms with Crippen LogP contribution in [0.4, 0.5) is 4.79 Å². The zero-order valence-electron chi connectivity index (χ0n) is 12.4. The van der Waals surface area contributed by atoms with Crippen molar-refractivity contribution < 1.29 is 9.59 Å². The van der Waals surface area contributed by atoms with Crippen molar-refractivity contribution in [1.82, 2.24) is 15.5 Å². The van der Waals surface area contributed by atoms with Crippen LogP contribution in [0, 0.1) is 6.92 Å². The molecule has 0 atom stereocenters. The largest absolute Gasteiger partial charge is 0.342 e. The molecule has 0 saturated carbocycles. The summed E-state index contributed by atoms with van der Waals surface area (Å²) in [5.74, 6) is -0.0690. The Morgan fingerprint density at radius 3 is 2.20 bits per heavy atom. The predicted octanol–water partition coefficient (Wildman–Crippen LogP) is 1.66. The third kappa shape index (κ3) is 5.30. The number of rotatable bonds is 6. The Balaban J connectivity index is 2.30. The number of amides is 3. The lowest BCUT2D eigenvalue weighted by molar-refractivity contribution is -0.129. The molecule has 1 aromatic carbocycles. The summed E-state index contributed by atoms with van der Waals surface area (Å²) in [5.41, 5.74) is 2.21. The van der Waals surface area contributed by atoms with Gasteiger partial charge in [0.25, 0.3) is 0 Å². The van der Waals surface area contributed by atoms with Gasteiger partial charge in [0.1, 0.15) is 0 Å². The van der Waals surface area contributed by atoms with Crippen LogP contribution in [0.1, 0.15) is 25.0 Å². The number of nitrogens with zero attached hydrogens (tertiary/aromatic N) is 1. The molecule has 110 valence electrons. The molecule has 0 saturated heterocycles. The third-order valence-electron chi connectivity index (χ3n) is 3.09.